The quantitative estimate of drug-likeness (QED) is 0.485. The normalized spacial score (nSPS) is 14.0. The van der Waals surface area contributed by atoms with Gasteiger partial charge in [-0.25, -0.2) is 13.2 Å². The summed E-state index contributed by atoms with van der Waals surface area (Å²) < 4.78 is 65.4. The Bertz CT molecular complexity index is 1150. The fourth-order valence-corrected chi connectivity index (χ4v) is 4.93. The van der Waals surface area contributed by atoms with Gasteiger partial charge in [0.25, 0.3) is 0 Å². The Balaban J connectivity index is 0.000000638. The van der Waals surface area contributed by atoms with Gasteiger partial charge in [-0.1, -0.05) is 29.8 Å². The number of carbonyl (C=O) groups is 2. The van der Waals surface area contributed by atoms with Crippen LogP contribution in [0.5, 0.6) is 5.75 Å². The first-order chi connectivity index (χ1) is 17.8. The molecule has 210 valence electrons. The number of carboxylic acids is 1. The van der Waals surface area contributed by atoms with E-state index in [-0.39, 0.29) is 30.3 Å². The number of nitrogens with zero attached hydrogens (tertiary/aromatic N) is 2. The number of hydrogen-bond acceptors (Lipinski definition) is 6. The Morgan fingerprint density at radius 2 is 1.61 bits per heavy atom. The molecule has 0 aromatic heterocycles. The Kier molecular flexibility index (Phi) is 11.5. The SMILES string of the molecule is CCOc1ccc(S(=O)(=O)N(CCC(=O)N2CCNCC2)Cc2ccc(C)cc2)cc1.O=C(O)C(F)(F)F. The number of hydrogen-bond donors (Lipinski definition) is 2. The summed E-state index contributed by atoms with van der Waals surface area (Å²) in [5, 5.41) is 10.3. The van der Waals surface area contributed by atoms with Gasteiger partial charge in [-0.15, -0.1) is 0 Å². The number of sulfonamides is 1. The smallest absolute Gasteiger partial charge is 0.490 e. The summed E-state index contributed by atoms with van der Waals surface area (Å²) >= 11 is 0. The first kappa shape index (κ1) is 31.1. The maximum atomic E-state index is 13.4. The van der Waals surface area contributed by atoms with Gasteiger partial charge in [0.05, 0.1) is 11.5 Å². The van der Waals surface area contributed by atoms with E-state index in [0.29, 0.717) is 25.4 Å². The molecule has 1 saturated heterocycles. The highest BCUT2D eigenvalue weighted by Gasteiger charge is 2.38. The molecule has 1 amide bonds. The van der Waals surface area contributed by atoms with E-state index in [4.69, 9.17) is 14.6 Å². The first-order valence-electron chi connectivity index (χ1n) is 11.9. The monoisotopic (exact) mass is 559 g/mol. The molecule has 1 aliphatic heterocycles. The molecule has 13 heteroatoms. The molecular weight excluding hydrogens is 527 g/mol. The summed E-state index contributed by atoms with van der Waals surface area (Å²) in [6.45, 7) is 7.57. The van der Waals surface area contributed by atoms with Gasteiger partial charge in [0.15, 0.2) is 0 Å². The minimum absolute atomic E-state index is 0.0164. The van der Waals surface area contributed by atoms with Crippen molar-refractivity contribution in [3.8, 4) is 5.75 Å². The van der Waals surface area contributed by atoms with Crippen LogP contribution in [0.25, 0.3) is 0 Å². The molecule has 0 saturated carbocycles. The predicted molar refractivity (Wildman–Crippen MR) is 134 cm³/mol. The number of benzene rings is 2. The van der Waals surface area contributed by atoms with Crippen LogP contribution in [0.2, 0.25) is 0 Å². The minimum Gasteiger partial charge on any atom is -0.494 e. The van der Waals surface area contributed by atoms with Crippen LogP contribution in [0.1, 0.15) is 24.5 Å². The third-order valence-corrected chi connectivity index (χ3v) is 7.40. The lowest BCUT2D eigenvalue weighted by Gasteiger charge is -2.29. The van der Waals surface area contributed by atoms with Crippen LogP contribution in [0.4, 0.5) is 13.2 Å². The lowest BCUT2D eigenvalue weighted by atomic mass is 10.1. The van der Waals surface area contributed by atoms with Crippen LogP contribution in [-0.2, 0) is 26.2 Å². The van der Waals surface area contributed by atoms with Crippen LogP contribution in [0.3, 0.4) is 0 Å². The van der Waals surface area contributed by atoms with Gasteiger partial charge >= 0.3 is 12.1 Å². The second-order valence-corrected chi connectivity index (χ2v) is 10.4. The number of nitrogens with one attached hydrogen (secondary N) is 1. The first-order valence-corrected chi connectivity index (χ1v) is 13.4. The summed E-state index contributed by atoms with van der Waals surface area (Å²) in [7, 11) is -3.77. The summed E-state index contributed by atoms with van der Waals surface area (Å²) in [6, 6.07) is 14.2. The van der Waals surface area contributed by atoms with Gasteiger partial charge in [-0.2, -0.15) is 17.5 Å². The average molecular weight is 560 g/mol. The van der Waals surface area contributed by atoms with Gasteiger partial charge in [0.1, 0.15) is 5.75 Å². The van der Waals surface area contributed by atoms with Gasteiger partial charge < -0.3 is 20.1 Å². The molecule has 38 heavy (non-hydrogen) atoms. The van der Waals surface area contributed by atoms with Crippen molar-refractivity contribution in [3.63, 3.8) is 0 Å². The van der Waals surface area contributed by atoms with E-state index in [2.05, 4.69) is 5.32 Å². The highest BCUT2D eigenvalue weighted by molar-refractivity contribution is 7.89. The molecule has 0 unspecified atom stereocenters. The standard InChI is InChI=1S/C23H31N3O4S.C2HF3O2/c1-3-30-21-8-10-22(11-9-21)31(28,29)26(18-20-6-4-19(2)5-7-20)15-12-23(27)25-16-13-24-14-17-25;3-2(4,5)1(6)7/h4-11,24H,3,12-18H2,1-2H3;(H,6,7). The zero-order valence-corrected chi connectivity index (χ0v) is 22.0. The molecule has 0 bridgehead atoms. The number of carbonyl (C=O) groups excluding carboxylic acids is 1. The van der Waals surface area contributed by atoms with Crippen molar-refractivity contribution in [1.29, 1.82) is 0 Å². The van der Waals surface area contributed by atoms with E-state index in [0.717, 1.165) is 24.2 Å². The van der Waals surface area contributed by atoms with Gasteiger partial charge in [-0.05, 0) is 43.7 Å². The van der Waals surface area contributed by atoms with Crippen molar-refractivity contribution in [2.75, 3.05) is 39.3 Å². The number of carboxylic acid groups (broad SMARTS) is 1. The van der Waals surface area contributed by atoms with E-state index in [1.54, 1.807) is 29.2 Å². The second-order valence-electron chi connectivity index (χ2n) is 8.41. The van der Waals surface area contributed by atoms with Crippen molar-refractivity contribution in [3.05, 3.63) is 59.7 Å². The van der Waals surface area contributed by atoms with E-state index >= 15 is 0 Å². The van der Waals surface area contributed by atoms with Gasteiger partial charge in [0, 0.05) is 45.7 Å². The molecule has 1 heterocycles. The lowest BCUT2D eigenvalue weighted by Crippen LogP contribution is -2.47. The fraction of sp³-hybridized carbons (Fsp3) is 0.440. The number of rotatable bonds is 9. The summed E-state index contributed by atoms with van der Waals surface area (Å²) in [4.78, 5) is 23.5. The molecule has 2 N–H and O–H groups in total. The Morgan fingerprint density at radius 1 is 1.05 bits per heavy atom. The predicted octanol–water partition coefficient (Wildman–Crippen LogP) is 3.04. The van der Waals surface area contributed by atoms with Crippen molar-refractivity contribution in [2.45, 2.75) is 37.9 Å². The number of amides is 1. The summed E-state index contributed by atoms with van der Waals surface area (Å²) in [5.74, 6) is -2.15. The van der Waals surface area contributed by atoms with Crippen molar-refractivity contribution in [1.82, 2.24) is 14.5 Å². The second kappa shape index (κ2) is 14.1. The maximum Gasteiger partial charge on any atom is 0.490 e. The molecule has 1 fully saturated rings. The number of halogens is 3. The molecule has 2 aromatic rings. The zero-order chi connectivity index (χ0) is 28.3. The van der Waals surface area contributed by atoms with E-state index in [1.165, 1.54) is 4.31 Å². The largest absolute Gasteiger partial charge is 0.494 e. The van der Waals surface area contributed by atoms with Crippen LogP contribution in [0.15, 0.2) is 53.4 Å². The number of alkyl halides is 3. The number of aliphatic carboxylic acids is 1. The lowest BCUT2D eigenvalue weighted by molar-refractivity contribution is -0.192. The Labute approximate surface area is 220 Å². The average Bonchev–Trinajstić information content (AvgIpc) is 2.88. The number of piperazine rings is 1. The fourth-order valence-electron chi connectivity index (χ4n) is 3.50. The topological polar surface area (TPSA) is 116 Å². The molecule has 2 aromatic carbocycles. The maximum absolute atomic E-state index is 13.4. The molecule has 0 spiro atoms. The molecule has 9 nitrogen and oxygen atoms in total. The van der Waals surface area contributed by atoms with Crippen molar-refractivity contribution >= 4 is 21.9 Å². The Morgan fingerprint density at radius 3 is 2.11 bits per heavy atom. The van der Waals surface area contributed by atoms with E-state index < -0.39 is 22.2 Å². The van der Waals surface area contributed by atoms with Crippen molar-refractivity contribution in [2.24, 2.45) is 0 Å². The van der Waals surface area contributed by atoms with E-state index in [9.17, 15) is 26.4 Å². The van der Waals surface area contributed by atoms with Gasteiger partial charge in [-0.3, -0.25) is 4.79 Å². The van der Waals surface area contributed by atoms with Crippen LogP contribution >= 0.6 is 0 Å². The number of aryl methyl sites for hydroxylation is 1. The number of ether oxygens (including phenoxy) is 1. The van der Waals surface area contributed by atoms with Gasteiger partial charge in [0.2, 0.25) is 15.9 Å². The molecule has 3 rings (SSSR count). The van der Waals surface area contributed by atoms with Crippen LogP contribution in [-0.4, -0.2) is 80.1 Å². The summed E-state index contributed by atoms with van der Waals surface area (Å²) in [6.07, 6.45) is -4.93. The Hall–Kier alpha value is -3.16. The van der Waals surface area contributed by atoms with Crippen molar-refractivity contribution < 1.29 is 41.0 Å². The third kappa shape index (κ3) is 9.62. The third-order valence-electron chi connectivity index (χ3n) is 5.54. The molecule has 0 radical (unpaired) electrons. The zero-order valence-electron chi connectivity index (χ0n) is 21.2. The van der Waals surface area contributed by atoms with Crippen LogP contribution < -0.4 is 10.1 Å². The highest BCUT2D eigenvalue weighted by Crippen LogP contribution is 2.22. The molecule has 0 aliphatic carbocycles. The highest BCUT2D eigenvalue weighted by atomic mass is 32.2. The minimum atomic E-state index is -5.08. The summed E-state index contributed by atoms with van der Waals surface area (Å²) in [5.41, 5.74) is 1.99. The molecule has 1 aliphatic rings. The molecule has 0 atom stereocenters. The van der Waals surface area contributed by atoms with E-state index in [1.807, 2.05) is 38.1 Å². The molecular formula is C25H32F3N3O6S. The van der Waals surface area contributed by atoms with Crippen LogP contribution in [0, 0.1) is 6.92 Å².